The fourth-order valence-corrected chi connectivity index (χ4v) is 3.92. The van der Waals surface area contributed by atoms with Crippen LogP contribution in [-0.4, -0.2) is 54.9 Å². The zero-order chi connectivity index (χ0) is 20.4. The molecule has 1 heterocycles. The highest BCUT2D eigenvalue weighted by atomic mass is 16.5. The van der Waals surface area contributed by atoms with Crippen molar-refractivity contribution in [1.82, 2.24) is 15.5 Å². The third kappa shape index (κ3) is 4.89. The molecule has 7 heteroatoms. The van der Waals surface area contributed by atoms with Crippen molar-refractivity contribution in [2.24, 2.45) is 11.8 Å². The van der Waals surface area contributed by atoms with E-state index in [9.17, 15) is 14.4 Å². The van der Waals surface area contributed by atoms with Crippen molar-refractivity contribution >= 4 is 17.7 Å². The number of nitrogens with one attached hydrogen (secondary N) is 2. The minimum absolute atomic E-state index is 0.0270. The second kappa shape index (κ2) is 8.43. The third-order valence-electron chi connectivity index (χ3n) is 6.09. The van der Waals surface area contributed by atoms with Gasteiger partial charge in [0.2, 0.25) is 11.8 Å². The Kier molecular flexibility index (Phi) is 5.74. The van der Waals surface area contributed by atoms with Crippen LogP contribution >= 0.6 is 0 Å². The van der Waals surface area contributed by atoms with Crippen LogP contribution < -0.4 is 15.4 Å². The highest BCUT2D eigenvalue weighted by Gasteiger charge is 2.39. The lowest BCUT2D eigenvalue weighted by Gasteiger charge is -2.36. The molecule has 1 saturated heterocycles. The van der Waals surface area contributed by atoms with Crippen molar-refractivity contribution in [3.05, 3.63) is 29.8 Å². The first-order chi connectivity index (χ1) is 14.0. The van der Waals surface area contributed by atoms with E-state index in [1.54, 1.807) is 31.4 Å². The van der Waals surface area contributed by atoms with Crippen LogP contribution in [0.1, 0.15) is 48.9 Å². The molecule has 3 fully saturated rings. The third-order valence-corrected chi connectivity index (χ3v) is 6.09. The minimum atomic E-state index is -0.580. The Morgan fingerprint density at radius 3 is 2.21 bits per heavy atom. The molecule has 3 aliphatic rings. The maximum absolute atomic E-state index is 12.9. The number of methoxy groups -OCH3 is 1. The Hall–Kier alpha value is -2.57. The molecule has 1 aliphatic heterocycles. The standard InChI is InChI=1S/C22H29N3O4/c1-29-18-8-4-15(5-9-18)20(26)24-19(21(27)23-17-6-7-17)14-10-12-25(13-11-14)22(28)16-2-3-16/h4-5,8-9,14,16-17,19H,2-3,6-7,10-13H2,1H3,(H,23,27)(H,24,26). The van der Waals surface area contributed by atoms with Crippen molar-refractivity contribution in [2.75, 3.05) is 20.2 Å². The maximum Gasteiger partial charge on any atom is 0.251 e. The van der Waals surface area contributed by atoms with Gasteiger partial charge in [-0.15, -0.1) is 0 Å². The number of amides is 3. The summed E-state index contributed by atoms with van der Waals surface area (Å²) in [7, 11) is 1.58. The van der Waals surface area contributed by atoms with E-state index >= 15 is 0 Å². The second-order valence-electron chi connectivity index (χ2n) is 8.40. The summed E-state index contributed by atoms with van der Waals surface area (Å²) in [5.74, 6) is 0.804. The fourth-order valence-electron chi connectivity index (χ4n) is 3.92. The predicted octanol–water partition coefficient (Wildman–Crippen LogP) is 1.72. The van der Waals surface area contributed by atoms with E-state index in [2.05, 4.69) is 10.6 Å². The monoisotopic (exact) mass is 399 g/mol. The van der Waals surface area contributed by atoms with Gasteiger partial charge in [-0.05, 0) is 68.7 Å². The second-order valence-corrected chi connectivity index (χ2v) is 8.40. The van der Waals surface area contributed by atoms with Crippen LogP contribution in [0.3, 0.4) is 0 Å². The molecule has 2 aliphatic carbocycles. The predicted molar refractivity (Wildman–Crippen MR) is 107 cm³/mol. The molecule has 3 amide bonds. The van der Waals surface area contributed by atoms with Gasteiger partial charge in [-0.1, -0.05) is 0 Å². The van der Waals surface area contributed by atoms with E-state index < -0.39 is 6.04 Å². The van der Waals surface area contributed by atoms with E-state index in [1.807, 2.05) is 4.90 Å². The van der Waals surface area contributed by atoms with E-state index in [4.69, 9.17) is 4.74 Å². The Bertz CT molecular complexity index is 763. The molecule has 29 heavy (non-hydrogen) atoms. The summed E-state index contributed by atoms with van der Waals surface area (Å²) in [4.78, 5) is 39.9. The van der Waals surface area contributed by atoms with Gasteiger partial charge in [-0.2, -0.15) is 0 Å². The van der Waals surface area contributed by atoms with E-state index in [-0.39, 0.29) is 35.6 Å². The van der Waals surface area contributed by atoms with Crippen LogP contribution in [-0.2, 0) is 9.59 Å². The number of hydrogen-bond acceptors (Lipinski definition) is 4. The summed E-state index contributed by atoms with van der Waals surface area (Å²) in [5.41, 5.74) is 0.497. The Morgan fingerprint density at radius 1 is 1.00 bits per heavy atom. The van der Waals surface area contributed by atoms with Gasteiger partial charge in [0.25, 0.3) is 5.91 Å². The van der Waals surface area contributed by atoms with E-state index in [0.29, 0.717) is 24.4 Å². The quantitative estimate of drug-likeness (QED) is 0.731. The minimum Gasteiger partial charge on any atom is -0.497 e. The number of nitrogens with zero attached hydrogens (tertiary/aromatic N) is 1. The van der Waals surface area contributed by atoms with Crippen LogP contribution in [0.25, 0.3) is 0 Å². The summed E-state index contributed by atoms with van der Waals surface area (Å²) in [5, 5.41) is 5.99. The summed E-state index contributed by atoms with van der Waals surface area (Å²) < 4.78 is 5.14. The molecule has 0 radical (unpaired) electrons. The molecule has 0 aromatic heterocycles. The van der Waals surface area contributed by atoms with Crippen molar-refractivity contribution in [2.45, 2.75) is 50.6 Å². The molecule has 0 spiro atoms. The van der Waals surface area contributed by atoms with Gasteiger partial charge in [0.1, 0.15) is 11.8 Å². The number of piperidine rings is 1. The lowest BCUT2D eigenvalue weighted by atomic mass is 9.88. The van der Waals surface area contributed by atoms with Gasteiger partial charge in [-0.25, -0.2) is 0 Å². The van der Waals surface area contributed by atoms with Gasteiger partial charge in [0, 0.05) is 30.6 Å². The van der Waals surface area contributed by atoms with Crippen LogP contribution in [0.2, 0.25) is 0 Å². The first-order valence-electron chi connectivity index (χ1n) is 10.6. The Morgan fingerprint density at radius 2 is 1.66 bits per heavy atom. The average Bonchev–Trinajstić information content (AvgIpc) is 3.66. The molecular formula is C22H29N3O4. The molecule has 1 aromatic carbocycles. The number of carbonyl (C=O) groups is 3. The average molecular weight is 399 g/mol. The maximum atomic E-state index is 12.9. The first kappa shape index (κ1) is 19.7. The number of hydrogen-bond donors (Lipinski definition) is 2. The number of carbonyl (C=O) groups excluding carboxylic acids is 3. The van der Waals surface area contributed by atoms with Crippen molar-refractivity contribution < 1.29 is 19.1 Å². The summed E-state index contributed by atoms with van der Waals surface area (Å²) in [6.07, 6.45) is 5.46. The molecule has 1 aromatic rings. The normalized spacial score (nSPS) is 20.7. The zero-order valence-corrected chi connectivity index (χ0v) is 16.9. The molecule has 1 unspecified atom stereocenters. The number of likely N-dealkylation sites (tertiary alicyclic amines) is 1. The lowest BCUT2D eigenvalue weighted by Crippen LogP contribution is -2.54. The molecule has 0 bridgehead atoms. The molecule has 2 saturated carbocycles. The Labute approximate surface area is 171 Å². The van der Waals surface area contributed by atoms with Gasteiger partial charge in [0.15, 0.2) is 0 Å². The van der Waals surface area contributed by atoms with Crippen molar-refractivity contribution in [1.29, 1.82) is 0 Å². The smallest absolute Gasteiger partial charge is 0.251 e. The number of benzene rings is 1. The van der Waals surface area contributed by atoms with Crippen LogP contribution in [0.15, 0.2) is 24.3 Å². The van der Waals surface area contributed by atoms with Gasteiger partial charge in [0.05, 0.1) is 7.11 Å². The van der Waals surface area contributed by atoms with E-state index in [1.165, 1.54) is 0 Å². The number of rotatable bonds is 7. The lowest BCUT2D eigenvalue weighted by molar-refractivity contribution is -0.134. The van der Waals surface area contributed by atoms with Gasteiger partial charge >= 0.3 is 0 Å². The number of ether oxygens (including phenoxy) is 1. The summed E-state index contributed by atoms with van der Waals surface area (Å²) in [6.45, 7) is 1.32. The largest absolute Gasteiger partial charge is 0.497 e. The molecular weight excluding hydrogens is 370 g/mol. The Balaban J connectivity index is 1.40. The van der Waals surface area contributed by atoms with Gasteiger partial charge < -0.3 is 20.3 Å². The fraction of sp³-hybridized carbons (Fsp3) is 0.591. The van der Waals surface area contributed by atoms with Crippen molar-refractivity contribution in [3.63, 3.8) is 0 Å². The van der Waals surface area contributed by atoms with E-state index in [0.717, 1.165) is 38.5 Å². The van der Waals surface area contributed by atoms with Crippen LogP contribution in [0, 0.1) is 11.8 Å². The summed E-state index contributed by atoms with van der Waals surface area (Å²) >= 11 is 0. The molecule has 7 nitrogen and oxygen atoms in total. The van der Waals surface area contributed by atoms with Gasteiger partial charge in [-0.3, -0.25) is 14.4 Å². The van der Waals surface area contributed by atoms with Crippen LogP contribution in [0.4, 0.5) is 0 Å². The van der Waals surface area contributed by atoms with Crippen LogP contribution in [0.5, 0.6) is 5.75 Å². The highest BCUT2D eigenvalue weighted by molar-refractivity contribution is 5.97. The highest BCUT2D eigenvalue weighted by Crippen LogP contribution is 2.33. The molecule has 156 valence electrons. The SMILES string of the molecule is COc1ccc(C(=O)NC(C(=O)NC2CC2)C2CCN(C(=O)C3CC3)CC2)cc1. The topological polar surface area (TPSA) is 87.7 Å². The zero-order valence-electron chi connectivity index (χ0n) is 16.9. The van der Waals surface area contributed by atoms with Crippen molar-refractivity contribution in [3.8, 4) is 5.75 Å². The first-order valence-corrected chi connectivity index (χ1v) is 10.6. The molecule has 1 atom stereocenters. The molecule has 4 rings (SSSR count). The molecule has 2 N–H and O–H groups in total. The summed E-state index contributed by atoms with van der Waals surface area (Å²) in [6, 6.07) is 6.51.